The fourth-order valence-corrected chi connectivity index (χ4v) is 3.19. The second-order valence-corrected chi connectivity index (χ2v) is 6.90. The molecule has 6 heteroatoms. The molecule has 1 aliphatic heterocycles. The van der Waals surface area contributed by atoms with Gasteiger partial charge in [-0.25, -0.2) is 0 Å². The van der Waals surface area contributed by atoms with E-state index >= 15 is 0 Å². The van der Waals surface area contributed by atoms with Gasteiger partial charge >= 0.3 is 0 Å². The number of amides is 2. The average Bonchev–Trinajstić information content (AvgIpc) is 3.30. The SMILES string of the molecule is CN1CCN(C(=O)C2CC2C(=O)Nc2ccccc2Br)CC1. The summed E-state index contributed by atoms with van der Waals surface area (Å²) in [5.41, 5.74) is 0.755. The van der Waals surface area contributed by atoms with Crippen molar-refractivity contribution in [2.75, 3.05) is 38.5 Å². The van der Waals surface area contributed by atoms with Gasteiger partial charge in [0.05, 0.1) is 17.5 Å². The van der Waals surface area contributed by atoms with E-state index in [9.17, 15) is 9.59 Å². The van der Waals surface area contributed by atoms with Crippen LogP contribution < -0.4 is 5.32 Å². The zero-order valence-electron chi connectivity index (χ0n) is 12.6. The Kier molecular flexibility index (Phi) is 4.49. The minimum Gasteiger partial charge on any atom is -0.340 e. The van der Waals surface area contributed by atoms with Gasteiger partial charge in [-0.1, -0.05) is 12.1 Å². The predicted molar refractivity (Wildman–Crippen MR) is 88.4 cm³/mol. The lowest BCUT2D eigenvalue weighted by Gasteiger charge is -2.32. The molecule has 0 aromatic heterocycles. The lowest BCUT2D eigenvalue weighted by atomic mass is 10.2. The molecule has 2 aliphatic rings. The van der Waals surface area contributed by atoms with E-state index in [-0.39, 0.29) is 23.7 Å². The molecule has 2 fully saturated rings. The Bertz CT molecular complexity index is 585. The van der Waals surface area contributed by atoms with E-state index in [1.165, 1.54) is 0 Å². The van der Waals surface area contributed by atoms with Crippen LogP contribution in [0, 0.1) is 11.8 Å². The fourth-order valence-electron chi connectivity index (χ4n) is 2.81. The molecule has 0 bridgehead atoms. The topological polar surface area (TPSA) is 52.7 Å². The van der Waals surface area contributed by atoms with E-state index in [1.54, 1.807) is 0 Å². The number of likely N-dealkylation sites (N-methyl/N-ethyl adjacent to an activating group) is 1. The molecule has 1 N–H and O–H groups in total. The smallest absolute Gasteiger partial charge is 0.228 e. The molecule has 0 radical (unpaired) electrons. The summed E-state index contributed by atoms with van der Waals surface area (Å²) >= 11 is 3.41. The molecule has 1 aliphatic carbocycles. The third-order valence-corrected chi connectivity index (χ3v) is 5.08. The van der Waals surface area contributed by atoms with Gasteiger partial charge in [0.2, 0.25) is 11.8 Å². The number of nitrogens with zero attached hydrogens (tertiary/aromatic N) is 2. The van der Waals surface area contributed by atoms with Crippen LogP contribution in [-0.2, 0) is 9.59 Å². The molecule has 1 heterocycles. The van der Waals surface area contributed by atoms with Crippen LogP contribution in [0.2, 0.25) is 0 Å². The molecule has 2 atom stereocenters. The van der Waals surface area contributed by atoms with Gasteiger partial charge in [0.25, 0.3) is 0 Å². The molecule has 1 aromatic rings. The highest BCUT2D eigenvalue weighted by Gasteiger charge is 2.49. The molecule has 1 saturated heterocycles. The van der Waals surface area contributed by atoms with Gasteiger partial charge in [0.1, 0.15) is 0 Å². The molecule has 3 rings (SSSR count). The number of para-hydroxylation sites is 1. The molecule has 22 heavy (non-hydrogen) atoms. The van der Waals surface area contributed by atoms with Gasteiger partial charge in [0.15, 0.2) is 0 Å². The minimum absolute atomic E-state index is 0.0561. The highest BCUT2D eigenvalue weighted by atomic mass is 79.9. The summed E-state index contributed by atoms with van der Waals surface area (Å²) in [4.78, 5) is 28.8. The van der Waals surface area contributed by atoms with Crippen LogP contribution >= 0.6 is 15.9 Å². The van der Waals surface area contributed by atoms with E-state index < -0.39 is 0 Å². The largest absolute Gasteiger partial charge is 0.340 e. The summed E-state index contributed by atoms with van der Waals surface area (Å²) in [5.74, 6) is -0.232. The Labute approximate surface area is 138 Å². The van der Waals surface area contributed by atoms with Gasteiger partial charge in [0, 0.05) is 30.7 Å². The standard InChI is InChI=1S/C16H20BrN3O2/c1-19-6-8-20(9-7-19)16(22)12-10-11(12)15(21)18-14-5-3-2-4-13(14)17/h2-5,11-12H,6-10H2,1H3,(H,18,21). The summed E-state index contributed by atoms with van der Waals surface area (Å²) < 4.78 is 0.853. The third-order valence-electron chi connectivity index (χ3n) is 4.39. The van der Waals surface area contributed by atoms with Gasteiger partial charge in [-0.3, -0.25) is 9.59 Å². The van der Waals surface area contributed by atoms with E-state index in [2.05, 4.69) is 33.2 Å². The van der Waals surface area contributed by atoms with Crippen molar-refractivity contribution in [2.24, 2.45) is 11.8 Å². The van der Waals surface area contributed by atoms with Crippen molar-refractivity contribution in [1.29, 1.82) is 0 Å². The Balaban J connectivity index is 1.54. The van der Waals surface area contributed by atoms with Crippen LogP contribution in [0.5, 0.6) is 0 Å². The summed E-state index contributed by atoms with van der Waals surface area (Å²) in [6.07, 6.45) is 0.668. The van der Waals surface area contributed by atoms with Crippen molar-refractivity contribution >= 4 is 33.4 Å². The first kappa shape index (κ1) is 15.5. The van der Waals surface area contributed by atoms with Crippen LogP contribution in [0.25, 0.3) is 0 Å². The number of hydrogen-bond acceptors (Lipinski definition) is 3. The Morgan fingerprint density at radius 3 is 2.50 bits per heavy atom. The first-order chi connectivity index (χ1) is 10.6. The maximum atomic E-state index is 12.4. The predicted octanol–water partition coefficient (Wildman–Crippen LogP) is 1.80. The Morgan fingerprint density at radius 2 is 1.82 bits per heavy atom. The Morgan fingerprint density at radius 1 is 1.14 bits per heavy atom. The van der Waals surface area contributed by atoms with Gasteiger partial charge in [-0.2, -0.15) is 0 Å². The van der Waals surface area contributed by atoms with Gasteiger partial charge in [-0.15, -0.1) is 0 Å². The Hall–Kier alpha value is -1.40. The highest BCUT2D eigenvalue weighted by Crippen LogP contribution is 2.41. The van der Waals surface area contributed by atoms with E-state index in [0.717, 1.165) is 36.3 Å². The van der Waals surface area contributed by atoms with Gasteiger partial charge < -0.3 is 15.1 Å². The summed E-state index contributed by atoms with van der Waals surface area (Å²) in [6, 6.07) is 7.51. The second-order valence-electron chi connectivity index (χ2n) is 6.05. The third kappa shape index (κ3) is 3.33. The number of piperazine rings is 1. The molecule has 1 aromatic carbocycles. The number of carbonyl (C=O) groups excluding carboxylic acids is 2. The van der Waals surface area contributed by atoms with Crippen LogP contribution in [0.4, 0.5) is 5.69 Å². The van der Waals surface area contributed by atoms with Crippen molar-refractivity contribution in [3.63, 3.8) is 0 Å². The minimum atomic E-state index is -0.181. The highest BCUT2D eigenvalue weighted by molar-refractivity contribution is 9.10. The quantitative estimate of drug-likeness (QED) is 0.888. The number of carbonyl (C=O) groups is 2. The molecule has 118 valence electrons. The summed E-state index contributed by atoms with van der Waals surface area (Å²) in [6.45, 7) is 3.35. The van der Waals surface area contributed by atoms with E-state index in [1.807, 2.05) is 29.2 Å². The number of nitrogens with one attached hydrogen (secondary N) is 1. The number of halogens is 1. The molecule has 5 nitrogen and oxygen atoms in total. The van der Waals surface area contributed by atoms with Crippen LogP contribution in [-0.4, -0.2) is 54.8 Å². The van der Waals surface area contributed by atoms with Crippen LogP contribution in [0.15, 0.2) is 28.7 Å². The number of rotatable bonds is 3. The molecular formula is C16H20BrN3O2. The van der Waals surface area contributed by atoms with E-state index in [4.69, 9.17) is 0 Å². The maximum Gasteiger partial charge on any atom is 0.228 e. The van der Waals surface area contributed by atoms with Crippen molar-refractivity contribution < 1.29 is 9.59 Å². The maximum absolute atomic E-state index is 12.4. The first-order valence-corrected chi connectivity index (χ1v) is 8.38. The van der Waals surface area contributed by atoms with Crippen molar-refractivity contribution in [3.05, 3.63) is 28.7 Å². The summed E-state index contributed by atoms with van der Waals surface area (Å²) in [7, 11) is 2.06. The van der Waals surface area contributed by atoms with E-state index in [0.29, 0.717) is 6.42 Å². The van der Waals surface area contributed by atoms with Crippen molar-refractivity contribution in [2.45, 2.75) is 6.42 Å². The second kappa shape index (κ2) is 6.38. The van der Waals surface area contributed by atoms with Crippen molar-refractivity contribution in [3.8, 4) is 0 Å². The van der Waals surface area contributed by atoms with Crippen LogP contribution in [0.1, 0.15) is 6.42 Å². The number of anilines is 1. The molecule has 0 spiro atoms. The number of hydrogen-bond donors (Lipinski definition) is 1. The molecule has 2 amide bonds. The first-order valence-electron chi connectivity index (χ1n) is 7.59. The van der Waals surface area contributed by atoms with Crippen molar-refractivity contribution in [1.82, 2.24) is 9.80 Å². The molecular weight excluding hydrogens is 346 g/mol. The summed E-state index contributed by atoms with van der Waals surface area (Å²) in [5, 5.41) is 2.90. The number of benzene rings is 1. The van der Waals surface area contributed by atoms with Gasteiger partial charge in [-0.05, 0) is 41.5 Å². The van der Waals surface area contributed by atoms with Crippen LogP contribution in [0.3, 0.4) is 0 Å². The zero-order valence-corrected chi connectivity index (χ0v) is 14.2. The monoisotopic (exact) mass is 365 g/mol. The lowest BCUT2D eigenvalue weighted by Crippen LogP contribution is -2.48. The average molecular weight is 366 g/mol. The fraction of sp³-hybridized carbons (Fsp3) is 0.500. The molecule has 2 unspecified atom stereocenters. The lowest BCUT2D eigenvalue weighted by molar-refractivity contribution is -0.135. The molecule has 1 saturated carbocycles. The normalized spacial score (nSPS) is 24.9. The zero-order chi connectivity index (χ0) is 15.7.